The molecule has 5 nitrogen and oxygen atoms in total. The van der Waals surface area contributed by atoms with Crippen LogP contribution in [0.1, 0.15) is 56.6 Å². The average molecular weight is 365 g/mol. The Kier molecular flexibility index (Phi) is 4.02. The maximum absolute atomic E-state index is 13.2. The van der Waals surface area contributed by atoms with Crippen molar-refractivity contribution in [2.45, 2.75) is 52.0 Å². The fourth-order valence-electron chi connectivity index (χ4n) is 4.70. The number of hydrogen-bond acceptors (Lipinski definition) is 4. The molecule has 3 heterocycles. The number of carbonyl (C=O) groups is 1. The number of amides is 1. The number of piperidine rings is 1. The highest BCUT2D eigenvalue weighted by Crippen LogP contribution is 2.61. The zero-order valence-electron chi connectivity index (χ0n) is 15.0. The summed E-state index contributed by atoms with van der Waals surface area (Å²) in [5.74, 6) is 3.05. The van der Waals surface area contributed by atoms with Crippen LogP contribution < -0.4 is 0 Å². The molecule has 1 saturated carbocycles. The lowest BCUT2D eigenvalue weighted by atomic mass is 9.89. The Labute approximate surface area is 149 Å². The molecular formula is C19H27NO4S. The van der Waals surface area contributed by atoms with E-state index < -0.39 is 9.84 Å². The molecule has 6 heteroatoms. The molecule has 1 aliphatic carbocycles. The maximum Gasteiger partial charge on any atom is 0.226 e. The number of aryl methyl sites for hydroxylation is 1. The topological polar surface area (TPSA) is 67.6 Å². The lowest BCUT2D eigenvalue weighted by molar-refractivity contribution is -0.138. The van der Waals surface area contributed by atoms with E-state index in [1.54, 1.807) is 0 Å². The first-order chi connectivity index (χ1) is 11.8. The second kappa shape index (κ2) is 5.86. The van der Waals surface area contributed by atoms with Crippen LogP contribution in [0.5, 0.6) is 0 Å². The number of hydrogen-bond donors (Lipinski definition) is 0. The first-order valence-electron chi connectivity index (χ1n) is 9.37. The van der Waals surface area contributed by atoms with E-state index in [9.17, 15) is 13.2 Å². The maximum atomic E-state index is 13.2. The van der Waals surface area contributed by atoms with Gasteiger partial charge in [0.15, 0.2) is 0 Å². The first kappa shape index (κ1) is 17.1. The lowest BCUT2D eigenvalue weighted by Gasteiger charge is -2.38. The van der Waals surface area contributed by atoms with Gasteiger partial charge in [0.2, 0.25) is 5.91 Å². The van der Waals surface area contributed by atoms with Crippen molar-refractivity contribution in [2.75, 3.05) is 18.1 Å². The van der Waals surface area contributed by atoms with Crippen molar-refractivity contribution in [2.24, 2.45) is 17.3 Å². The predicted molar refractivity (Wildman–Crippen MR) is 94.7 cm³/mol. The molecule has 25 heavy (non-hydrogen) atoms. The Morgan fingerprint density at radius 1 is 1.28 bits per heavy atom. The fraction of sp³-hybridized carbons (Fsp3) is 0.737. The molecule has 3 atom stereocenters. The fourth-order valence-corrected chi connectivity index (χ4v) is 6.34. The molecule has 138 valence electrons. The zero-order chi connectivity index (χ0) is 17.8. The van der Waals surface area contributed by atoms with Gasteiger partial charge in [-0.25, -0.2) is 8.42 Å². The molecule has 1 aromatic rings. The molecule has 1 spiro atoms. The van der Waals surface area contributed by atoms with Gasteiger partial charge in [-0.1, -0.05) is 6.92 Å². The van der Waals surface area contributed by atoms with Crippen molar-refractivity contribution in [3.63, 3.8) is 0 Å². The van der Waals surface area contributed by atoms with E-state index >= 15 is 0 Å². The van der Waals surface area contributed by atoms with Crippen LogP contribution in [-0.4, -0.2) is 37.3 Å². The summed E-state index contributed by atoms with van der Waals surface area (Å²) in [5, 5.41) is 0. The smallest absolute Gasteiger partial charge is 0.226 e. The van der Waals surface area contributed by atoms with E-state index in [1.807, 2.05) is 24.0 Å². The van der Waals surface area contributed by atoms with E-state index in [1.165, 1.54) is 0 Å². The Morgan fingerprint density at radius 2 is 2.00 bits per heavy atom. The Balaban J connectivity index is 1.51. The Morgan fingerprint density at radius 3 is 2.64 bits per heavy atom. The van der Waals surface area contributed by atoms with Crippen LogP contribution in [0, 0.1) is 24.2 Å². The van der Waals surface area contributed by atoms with Gasteiger partial charge in [-0.05, 0) is 62.5 Å². The number of nitrogens with zero attached hydrogens (tertiary/aromatic N) is 1. The predicted octanol–water partition coefficient (Wildman–Crippen LogP) is 3.10. The van der Waals surface area contributed by atoms with Crippen LogP contribution in [0.2, 0.25) is 0 Å². The van der Waals surface area contributed by atoms with Crippen LogP contribution in [0.3, 0.4) is 0 Å². The van der Waals surface area contributed by atoms with Gasteiger partial charge in [-0.2, -0.15) is 0 Å². The van der Waals surface area contributed by atoms with E-state index in [0.717, 1.165) is 37.3 Å². The lowest BCUT2D eigenvalue weighted by Crippen LogP contribution is -2.42. The summed E-state index contributed by atoms with van der Waals surface area (Å²) in [6, 6.07) is 3.98. The van der Waals surface area contributed by atoms with Crippen LogP contribution in [-0.2, 0) is 14.6 Å². The van der Waals surface area contributed by atoms with Gasteiger partial charge in [-0.3, -0.25) is 4.79 Å². The molecule has 0 aromatic carbocycles. The van der Waals surface area contributed by atoms with Crippen LogP contribution >= 0.6 is 0 Å². The molecular weight excluding hydrogens is 338 g/mol. The van der Waals surface area contributed by atoms with E-state index in [0.29, 0.717) is 18.8 Å². The molecule has 0 radical (unpaired) electrons. The van der Waals surface area contributed by atoms with Gasteiger partial charge in [0.05, 0.1) is 17.5 Å². The molecule has 1 aromatic heterocycles. The van der Waals surface area contributed by atoms with E-state index in [2.05, 4.69) is 6.92 Å². The third kappa shape index (κ3) is 3.14. The first-order valence-corrected chi connectivity index (χ1v) is 11.2. The molecule has 3 unspecified atom stereocenters. The van der Waals surface area contributed by atoms with Crippen molar-refractivity contribution in [1.29, 1.82) is 0 Å². The summed E-state index contributed by atoms with van der Waals surface area (Å²) in [6.07, 6.45) is 4.13. The van der Waals surface area contributed by atoms with E-state index in [-0.39, 0.29) is 34.8 Å². The minimum Gasteiger partial charge on any atom is -0.464 e. The van der Waals surface area contributed by atoms with Crippen LogP contribution in [0.4, 0.5) is 0 Å². The molecule has 0 N–H and O–H groups in total. The van der Waals surface area contributed by atoms with Gasteiger partial charge in [0, 0.05) is 12.5 Å². The van der Waals surface area contributed by atoms with Crippen molar-refractivity contribution < 1.29 is 17.6 Å². The highest BCUT2D eigenvalue weighted by atomic mass is 32.2. The third-order valence-corrected chi connectivity index (χ3v) is 8.20. The monoisotopic (exact) mass is 365 g/mol. The summed E-state index contributed by atoms with van der Waals surface area (Å²) < 4.78 is 29.3. The van der Waals surface area contributed by atoms with Gasteiger partial charge in [-0.15, -0.1) is 0 Å². The summed E-state index contributed by atoms with van der Waals surface area (Å²) in [6.45, 7) is 4.94. The second-order valence-electron chi connectivity index (χ2n) is 8.40. The molecule has 1 amide bonds. The highest BCUT2D eigenvalue weighted by Gasteiger charge is 2.60. The summed E-state index contributed by atoms with van der Waals surface area (Å²) in [4.78, 5) is 15.2. The SMILES string of the molecule is Cc1ccc(C2CC(C)CCN2C(=O)C2CC23CCS(=O)(=O)CC3)o1. The second-order valence-corrected chi connectivity index (χ2v) is 10.7. The van der Waals surface area contributed by atoms with Crippen molar-refractivity contribution in [3.8, 4) is 0 Å². The van der Waals surface area contributed by atoms with Crippen molar-refractivity contribution >= 4 is 15.7 Å². The van der Waals surface area contributed by atoms with Gasteiger partial charge in [0.25, 0.3) is 0 Å². The number of sulfone groups is 1. The summed E-state index contributed by atoms with van der Waals surface area (Å²) in [5.41, 5.74) is -0.0465. The zero-order valence-corrected chi connectivity index (χ0v) is 15.8. The third-order valence-electron chi connectivity index (χ3n) is 6.55. The van der Waals surface area contributed by atoms with Gasteiger partial charge >= 0.3 is 0 Å². The number of rotatable bonds is 2. The average Bonchev–Trinajstić information content (AvgIpc) is 3.11. The van der Waals surface area contributed by atoms with Crippen molar-refractivity contribution in [3.05, 3.63) is 23.7 Å². The highest BCUT2D eigenvalue weighted by molar-refractivity contribution is 7.91. The quantitative estimate of drug-likeness (QED) is 0.808. The summed E-state index contributed by atoms with van der Waals surface area (Å²) in [7, 11) is -2.89. The summed E-state index contributed by atoms with van der Waals surface area (Å²) >= 11 is 0. The van der Waals surface area contributed by atoms with Crippen LogP contribution in [0.25, 0.3) is 0 Å². The van der Waals surface area contributed by atoms with Crippen molar-refractivity contribution in [1.82, 2.24) is 4.90 Å². The molecule has 3 aliphatic rings. The Bertz CT molecular complexity index is 767. The standard InChI is InChI=1S/C19H27NO4S/c1-13-5-8-20(16(11-13)17-4-3-14(2)24-17)18(21)15-12-19(15)6-9-25(22,23)10-7-19/h3-4,13,15-16H,5-12H2,1-2H3. The number of likely N-dealkylation sites (tertiary alicyclic amines) is 1. The van der Waals surface area contributed by atoms with Gasteiger partial charge < -0.3 is 9.32 Å². The normalized spacial score (nSPS) is 33.4. The Hall–Kier alpha value is -1.30. The number of carbonyl (C=O) groups excluding carboxylic acids is 1. The minimum absolute atomic E-state index is 0.00923. The number of furan rings is 1. The van der Waals surface area contributed by atoms with Crippen LogP contribution in [0.15, 0.2) is 16.5 Å². The molecule has 4 rings (SSSR count). The molecule has 2 aliphatic heterocycles. The largest absolute Gasteiger partial charge is 0.464 e. The molecule has 3 fully saturated rings. The molecule has 0 bridgehead atoms. The van der Waals surface area contributed by atoms with Gasteiger partial charge in [0.1, 0.15) is 21.4 Å². The molecule has 2 saturated heterocycles. The minimum atomic E-state index is -2.89. The van der Waals surface area contributed by atoms with E-state index in [4.69, 9.17) is 4.42 Å².